The average molecular weight is 402 g/mol. The number of primary sulfonamides is 1. The highest BCUT2D eigenvalue weighted by atomic mass is 32.2. The van der Waals surface area contributed by atoms with Gasteiger partial charge in [-0.1, -0.05) is 24.8 Å². The van der Waals surface area contributed by atoms with Crippen molar-refractivity contribution in [3.8, 4) is 11.5 Å². The molecule has 0 aliphatic heterocycles. The van der Waals surface area contributed by atoms with Gasteiger partial charge in [-0.05, 0) is 48.4 Å². The van der Waals surface area contributed by atoms with Crippen LogP contribution < -0.4 is 19.9 Å². The van der Waals surface area contributed by atoms with Crippen LogP contribution in [0, 0.1) is 6.92 Å². The van der Waals surface area contributed by atoms with Crippen LogP contribution in [-0.2, 0) is 14.8 Å². The number of carbonyl (C=O) groups is 1. The van der Waals surface area contributed by atoms with Crippen LogP contribution in [0.2, 0.25) is 0 Å². The number of carbonyl (C=O) groups excluding carboxylic acids is 1. The number of sulfonamides is 1. The van der Waals surface area contributed by atoms with E-state index in [1.54, 1.807) is 49.4 Å². The minimum atomic E-state index is -3.87. The molecule has 0 unspecified atom stereocenters. The number of ether oxygens (including phenoxy) is 2. The first kappa shape index (κ1) is 21.2. The third-order valence-corrected chi connectivity index (χ3v) is 4.79. The van der Waals surface area contributed by atoms with Crippen LogP contribution in [0.3, 0.4) is 0 Å². The van der Waals surface area contributed by atoms with Gasteiger partial charge in [0.15, 0.2) is 11.5 Å². The molecule has 2 aromatic carbocycles. The van der Waals surface area contributed by atoms with Crippen LogP contribution in [-0.4, -0.2) is 28.0 Å². The van der Waals surface area contributed by atoms with E-state index in [1.165, 1.54) is 19.3 Å². The van der Waals surface area contributed by atoms with E-state index in [2.05, 4.69) is 11.9 Å². The molecular formula is C20H22N2O5S. The first-order chi connectivity index (χ1) is 13.2. The third kappa shape index (κ3) is 5.70. The molecule has 0 aromatic heterocycles. The van der Waals surface area contributed by atoms with Crippen molar-refractivity contribution < 1.29 is 22.7 Å². The van der Waals surface area contributed by atoms with E-state index in [1.807, 2.05) is 0 Å². The van der Waals surface area contributed by atoms with Crippen LogP contribution in [0.5, 0.6) is 11.5 Å². The molecule has 2 aromatic rings. The Hall–Kier alpha value is -3.10. The molecule has 8 heteroatoms. The second kappa shape index (κ2) is 9.20. The van der Waals surface area contributed by atoms with Crippen molar-refractivity contribution in [1.29, 1.82) is 0 Å². The maximum absolute atomic E-state index is 12.1. The summed E-state index contributed by atoms with van der Waals surface area (Å²) in [6.45, 7) is 5.57. The lowest BCUT2D eigenvalue weighted by Crippen LogP contribution is -2.15. The Morgan fingerprint density at radius 1 is 1.21 bits per heavy atom. The molecule has 3 N–H and O–H groups in total. The lowest BCUT2D eigenvalue weighted by Gasteiger charge is -2.10. The molecule has 0 saturated carbocycles. The zero-order valence-corrected chi connectivity index (χ0v) is 16.5. The van der Waals surface area contributed by atoms with Gasteiger partial charge in [0.05, 0.1) is 12.0 Å². The molecule has 7 nitrogen and oxygen atoms in total. The molecule has 0 radical (unpaired) electrons. The summed E-state index contributed by atoms with van der Waals surface area (Å²) >= 11 is 0. The first-order valence-corrected chi connectivity index (χ1v) is 9.83. The fourth-order valence-corrected chi connectivity index (χ4v) is 3.20. The summed E-state index contributed by atoms with van der Waals surface area (Å²) in [5.74, 6) is 0.676. The quantitative estimate of drug-likeness (QED) is 0.521. The van der Waals surface area contributed by atoms with E-state index in [4.69, 9.17) is 14.6 Å². The van der Waals surface area contributed by atoms with Crippen molar-refractivity contribution in [3.63, 3.8) is 0 Å². The Labute approximate surface area is 164 Å². The zero-order chi connectivity index (χ0) is 20.7. The maximum atomic E-state index is 12.1. The van der Waals surface area contributed by atoms with E-state index >= 15 is 0 Å². The first-order valence-electron chi connectivity index (χ1n) is 8.29. The average Bonchev–Trinajstić information content (AvgIpc) is 2.65. The second-order valence-corrected chi connectivity index (χ2v) is 7.39. The number of aryl methyl sites for hydroxylation is 1. The zero-order valence-electron chi connectivity index (χ0n) is 15.6. The fraction of sp³-hybridized carbons (Fsp3) is 0.150. The van der Waals surface area contributed by atoms with Crippen molar-refractivity contribution >= 4 is 27.7 Å². The summed E-state index contributed by atoms with van der Waals surface area (Å²) in [6, 6.07) is 9.74. The Balaban J connectivity index is 2.13. The molecule has 0 atom stereocenters. The van der Waals surface area contributed by atoms with Crippen LogP contribution in [0.15, 0.2) is 60.0 Å². The number of nitrogens with one attached hydrogen (secondary N) is 1. The number of hydrogen-bond acceptors (Lipinski definition) is 5. The summed E-state index contributed by atoms with van der Waals surface area (Å²) < 4.78 is 33.9. The van der Waals surface area contributed by atoms with Crippen LogP contribution in [0.25, 0.3) is 6.08 Å². The predicted octanol–water partition coefficient (Wildman–Crippen LogP) is 2.87. The molecule has 0 spiro atoms. The normalized spacial score (nSPS) is 11.2. The van der Waals surface area contributed by atoms with E-state index in [0.717, 1.165) is 5.56 Å². The van der Waals surface area contributed by atoms with Gasteiger partial charge in [0, 0.05) is 11.8 Å². The number of hydrogen-bond donors (Lipinski definition) is 2. The minimum Gasteiger partial charge on any atom is -0.493 e. The predicted molar refractivity (Wildman–Crippen MR) is 109 cm³/mol. The molecule has 0 aliphatic carbocycles. The lowest BCUT2D eigenvalue weighted by molar-refractivity contribution is -0.111. The topological polar surface area (TPSA) is 108 Å². The SMILES string of the molecule is C=CCOc1ccc(/C=C/C(=O)Nc2ccc(C)c(S(N)(=O)=O)c2)cc1OC. The van der Waals surface area contributed by atoms with Crippen LogP contribution in [0.4, 0.5) is 5.69 Å². The van der Waals surface area contributed by atoms with Gasteiger partial charge in [-0.15, -0.1) is 0 Å². The summed E-state index contributed by atoms with van der Waals surface area (Å²) in [4.78, 5) is 12.1. The van der Waals surface area contributed by atoms with Gasteiger partial charge in [-0.2, -0.15) is 0 Å². The van der Waals surface area contributed by atoms with Gasteiger partial charge < -0.3 is 14.8 Å². The van der Waals surface area contributed by atoms with Gasteiger partial charge >= 0.3 is 0 Å². The smallest absolute Gasteiger partial charge is 0.248 e. The highest BCUT2D eigenvalue weighted by molar-refractivity contribution is 7.89. The number of amides is 1. The number of nitrogens with two attached hydrogens (primary N) is 1. The van der Waals surface area contributed by atoms with Gasteiger partial charge in [0.1, 0.15) is 6.61 Å². The maximum Gasteiger partial charge on any atom is 0.248 e. The second-order valence-electron chi connectivity index (χ2n) is 5.86. The van der Waals surface area contributed by atoms with Crippen molar-refractivity contribution in [3.05, 3.63) is 66.3 Å². The molecule has 0 saturated heterocycles. The molecule has 0 bridgehead atoms. The van der Waals surface area contributed by atoms with E-state index in [-0.39, 0.29) is 4.90 Å². The molecule has 1 amide bonds. The third-order valence-electron chi connectivity index (χ3n) is 3.73. The Kier molecular flexibility index (Phi) is 6.97. The minimum absolute atomic E-state index is 0.0332. The van der Waals surface area contributed by atoms with Gasteiger partial charge in [0.25, 0.3) is 0 Å². The van der Waals surface area contributed by atoms with Crippen LogP contribution in [0.1, 0.15) is 11.1 Å². The molecule has 2 rings (SSSR count). The molecule has 0 fully saturated rings. The molecule has 148 valence electrons. The summed E-state index contributed by atoms with van der Waals surface area (Å²) in [7, 11) is -2.34. The Morgan fingerprint density at radius 3 is 2.61 bits per heavy atom. The number of methoxy groups -OCH3 is 1. The highest BCUT2D eigenvalue weighted by Crippen LogP contribution is 2.28. The monoisotopic (exact) mass is 402 g/mol. The number of anilines is 1. The largest absolute Gasteiger partial charge is 0.493 e. The molecule has 0 aliphatic rings. The Bertz CT molecular complexity index is 1010. The van der Waals surface area contributed by atoms with E-state index < -0.39 is 15.9 Å². The molecule has 0 heterocycles. The van der Waals surface area contributed by atoms with Crippen molar-refractivity contribution in [2.75, 3.05) is 19.0 Å². The lowest BCUT2D eigenvalue weighted by atomic mass is 10.2. The molecule has 28 heavy (non-hydrogen) atoms. The van der Waals surface area contributed by atoms with Gasteiger partial charge in [-0.3, -0.25) is 4.79 Å². The Morgan fingerprint density at radius 2 is 1.96 bits per heavy atom. The van der Waals surface area contributed by atoms with E-state index in [9.17, 15) is 13.2 Å². The summed E-state index contributed by atoms with van der Waals surface area (Å²) in [5.41, 5.74) is 1.56. The van der Waals surface area contributed by atoms with Gasteiger partial charge in [0.2, 0.25) is 15.9 Å². The number of benzene rings is 2. The summed E-state index contributed by atoms with van der Waals surface area (Å²) in [5, 5.41) is 7.79. The summed E-state index contributed by atoms with van der Waals surface area (Å²) in [6.07, 6.45) is 4.56. The van der Waals surface area contributed by atoms with Crippen molar-refractivity contribution in [2.45, 2.75) is 11.8 Å². The van der Waals surface area contributed by atoms with Crippen LogP contribution >= 0.6 is 0 Å². The van der Waals surface area contributed by atoms with Gasteiger partial charge in [-0.25, -0.2) is 13.6 Å². The highest BCUT2D eigenvalue weighted by Gasteiger charge is 2.12. The number of rotatable bonds is 8. The molecular weight excluding hydrogens is 380 g/mol. The standard InChI is InChI=1S/C20H22N2O5S/c1-4-11-27-17-9-6-15(12-18(17)26-3)7-10-20(23)22-16-8-5-14(2)19(13-16)28(21,24)25/h4-10,12-13H,1,11H2,2-3H3,(H,22,23)(H2,21,24,25)/b10-7+. The van der Waals surface area contributed by atoms with E-state index in [0.29, 0.717) is 29.4 Å². The van der Waals surface area contributed by atoms with Crippen molar-refractivity contribution in [2.24, 2.45) is 5.14 Å². The van der Waals surface area contributed by atoms with Crippen molar-refractivity contribution in [1.82, 2.24) is 0 Å². The fourth-order valence-electron chi connectivity index (χ4n) is 2.40.